The first kappa shape index (κ1) is 17.4. The van der Waals surface area contributed by atoms with Crippen LogP contribution in [0.2, 0.25) is 0 Å². The molecule has 12 heavy (non-hydrogen) atoms. The Morgan fingerprint density at radius 3 is 2.25 bits per heavy atom. The average molecular weight is 219 g/mol. The lowest BCUT2D eigenvalue weighted by Gasteiger charge is -2.00. The SMILES string of the molecule is CCOC(=O)CNC(N)=O.Cl.Cl. The maximum Gasteiger partial charge on any atom is 0.325 e. The fourth-order valence-corrected chi connectivity index (χ4v) is 0.371. The Hall–Kier alpha value is -0.680. The van der Waals surface area contributed by atoms with E-state index in [2.05, 4.69) is 15.8 Å². The number of esters is 1. The quantitative estimate of drug-likeness (QED) is 0.658. The fourth-order valence-electron chi connectivity index (χ4n) is 0.371. The molecule has 0 aromatic heterocycles. The standard InChI is InChI=1S/C5H10N2O3.2ClH/c1-2-10-4(8)3-7-5(6)9;;/h2-3H2,1H3,(H3,6,7,9);2*1H. The highest BCUT2D eigenvalue weighted by atomic mass is 35.5. The Kier molecular flexibility index (Phi) is 15.0. The zero-order valence-corrected chi connectivity index (χ0v) is 8.17. The minimum absolute atomic E-state index is 0. The van der Waals surface area contributed by atoms with E-state index in [0.717, 1.165) is 0 Å². The van der Waals surface area contributed by atoms with Crippen LogP contribution >= 0.6 is 24.8 Å². The molecule has 0 aromatic rings. The Bertz CT molecular complexity index is 143. The van der Waals surface area contributed by atoms with Crippen molar-refractivity contribution in [3.8, 4) is 0 Å². The highest BCUT2D eigenvalue weighted by Gasteiger charge is 2.00. The number of nitrogens with two attached hydrogens (primary N) is 1. The number of primary amides is 1. The van der Waals surface area contributed by atoms with Crippen molar-refractivity contribution in [1.82, 2.24) is 5.32 Å². The minimum atomic E-state index is -0.729. The van der Waals surface area contributed by atoms with Gasteiger partial charge in [0.2, 0.25) is 0 Å². The average Bonchev–Trinajstić information content (AvgIpc) is 1.85. The fraction of sp³-hybridized carbons (Fsp3) is 0.600. The summed E-state index contributed by atoms with van der Waals surface area (Å²) in [5, 5.41) is 2.09. The predicted molar refractivity (Wildman–Crippen MR) is 48.7 cm³/mol. The van der Waals surface area contributed by atoms with Crippen LogP contribution in [0.4, 0.5) is 4.79 Å². The first-order chi connectivity index (χ1) is 4.66. The van der Waals surface area contributed by atoms with Gasteiger partial charge in [-0.25, -0.2) is 4.79 Å². The molecule has 5 nitrogen and oxygen atoms in total. The molecule has 0 atom stereocenters. The van der Waals surface area contributed by atoms with Crippen molar-refractivity contribution in [2.24, 2.45) is 5.73 Å². The number of carbonyl (C=O) groups is 2. The molecule has 0 bridgehead atoms. The van der Waals surface area contributed by atoms with Gasteiger partial charge in [-0.15, -0.1) is 24.8 Å². The largest absolute Gasteiger partial charge is 0.465 e. The molecule has 0 unspecified atom stereocenters. The van der Waals surface area contributed by atoms with Crippen LogP contribution in [0.3, 0.4) is 0 Å². The highest BCUT2D eigenvalue weighted by molar-refractivity contribution is 5.85. The van der Waals surface area contributed by atoms with E-state index in [1.807, 2.05) is 0 Å². The number of hydrogen-bond donors (Lipinski definition) is 2. The van der Waals surface area contributed by atoms with Crippen LogP contribution in [-0.2, 0) is 9.53 Å². The van der Waals surface area contributed by atoms with Crippen molar-refractivity contribution in [3.63, 3.8) is 0 Å². The molecule has 0 saturated heterocycles. The lowest BCUT2D eigenvalue weighted by atomic mass is 10.6. The maximum atomic E-state index is 10.5. The minimum Gasteiger partial charge on any atom is -0.465 e. The van der Waals surface area contributed by atoms with Crippen molar-refractivity contribution in [1.29, 1.82) is 0 Å². The van der Waals surface area contributed by atoms with Gasteiger partial charge in [-0.1, -0.05) is 0 Å². The van der Waals surface area contributed by atoms with E-state index in [-0.39, 0.29) is 31.4 Å². The highest BCUT2D eigenvalue weighted by Crippen LogP contribution is 1.73. The maximum absolute atomic E-state index is 10.5. The van der Waals surface area contributed by atoms with Crippen LogP contribution in [0.1, 0.15) is 6.92 Å². The molecule has 74 valence electrons. The van der Waals surface area contributed by atoms with Crippen molar-refractivity contribution < 1.29 is 14.3 Å². The van der Waals surface area contributed by atoms with Gasteiger partial charge in [0, 0.05) is 0 Å². The molecular formula is C5H12Cl2N2O3. The molecule has 0 saturated carbocycles. The van der Waals surface area contributed by atoms with E-state index >= 15 is 0 Å². The van der Waals surface area contributed by atoms with E-state index in [1.165, 1.54) is 0 Å². The van der Waals surface area contributed by atoms with E-state index in [4.69, 9.17) is 0 Å². The Morgan fingerprint density at radius 1 is 1.42 bits per heavy atom. The molecule has 0 radical (unpaired) electrons. The van der Waals surface area contributed by atoms with Gasteiger partial charge in [0.05, 0.1) is 6.61 Å². The summed E-state index contributed by atoms with van der Waals surface area (Å²) in [4.78, 5) is 20.5. The van der Waals surface area contributed by atoms with Gasteiger partial charge in [-0.2, -0.15) is 0 Å². The molecule has 3 N–H and O–H groups in total. The van der Waals surface area contributed by atoms with Crippen LogP contribution in [-0.4, -0.2) is 25.2 Å². The van der Waals surface area contributed by atoms with Crippen molar-refractivity contribution in [2.45, 2.75) is 6.92 Å². The summed E-state index contributed by atoms with van der Waals surface area (Å²) >= 11 is 0. The van der Waals surface area contributed by atoms with Crippen LogP contribution in [0.15, 0.2) is 0 Å². The summed E-state index contributed by atoms with van der Waals surface area (Å²) in [5.41, 5.74) is 4.68. The van der Waals surface area contributed by atoms with Gasteiger partial charge in [0.25, 0.3) is 0 Å². The van der Waals surface area contributed by atoms with Gasteiger partial charge < -0.3 is 15.8 Å². The molecule has 2 amide bonds. The number of halogens is 2. The van der Waals surface area contributed by atoms with E-state index in [0.29, 0.717) is 6.61 Å². The molecule has 7 heteroatoms. The van der Waals surface area contributed by atoms with Crippen LogP contribution in [0.5, 0.6) is 0 Å². The van der Waals surface area contributed by atoms with Gasteiger partial charge in [-0.3, -0.25) is 4.79 Å². The lowest BCUT2D eigenvalue weighted by Crippen LogP contribution is -2.34. The summed E-state index contributed by atoms with van der Waals surface area (Å²) in [6.45, 7) is 1.82. The van der Waals surface area contributed by atoms with Gasteiger partial charge in [0.15, 0.2) is 0 Å². The number of ether oxygens (including phenoxy) is 1. The second-order valence-electron chi connectivity index (χ2n) is 1.52. The molecule has 0 spiro atoms. The summed E-state index contributed by atoms with van der Waals surface area (Å²) in [6, 6.07) is -0.729. The molecule has 0 fully saturated rings. The molecule has 0 aliphatic carbocycles. The Morgan fingerprint density at radius 2 is 1.92 bits per heavy atom. The number of hydrogen-bond acceptors (Lipinski definition) is 3. The normalized spacial score (nSPS) is 7.08. The molecule has 0 aromatic carbocycles. The van der Waals surface area contributed by atoms with E-state index in [1.54, 1.807) is 6.92 Å². The van der Waals surface area contributed by atoms with Crippen LogP contribution < -0.4 is 11.1 Å². The Labute approximate surface area is 82.8 Å². The summed E-state index contributed by atoms with van der Waals surface area (Å²) in [7, 11) is 0. The van der Waals surface area contributed by atoms with E-state index in [9.17, 15) is 9.59 Å². The number of rotatable bonds is 3. The molecule has 0 aliphatic heterocycles. The van der Waals surface area contributed by atoms with Crippen LogP contribution in [0.25, 0.3) is 0 Å². The second-order valence-corrected chi connectivity index (χ2v) is 1.52. The van der Waals surface area contributed by atoms with E-state index < -0.39 is 12.0 Å². The zero-order valence-electron chi connectivity index (χ0n) is 6.53. The molecule has 0 aliphatic rings. The third-order valence-corrected chi connectivity index (χ3v) is 0.712. The van der Waals surface area contributed by atoms with Crippen molar-refractivity contribution >= 4 is 36.8 Å². The lowest BCUT2D eigenvalue weighted by molar-refractivity contribution is -0.141. The summed E-state index contributed by atoms with van der Waals surface area (Å²) < 4.78 is 4.48. The predicted octanol–water partition coefficient (Wildman–Crippen LogP) is 0.0614. The number of carbonyl (C=O) groups excluding carboxylic acids is 2. The van der Waals surface area contributed by atoms with Crippen LogP contribution in [0, 0.1) is 0 Å². The van der Waals surface area contributed by atoms with Gasteiger partial charge in [0.1, 0.15) is 6.54 Å². The number of amides is 2. The molecular weight excluding hydrogens is 207 g/mol. The van der Waals surface area contributed by atoms with Crippen molar-refractivity contribution in [2.75, 3.05) is 13.2 Å². The molecule has 0 heterocycles. The van der Waals surface area contributed by atoms with Gasteiger partial charge in [-0.05, 0) is 6.92 Å². The monoisotopic (exact) mass is 218 g/mol. The zero-order chi connectivity index (χ0) is 7.98. The third-order valence-electron chi connectivity index (χ3n) is 0.712. The summed E-state index contributed by atoms with van der Waals surface area (Å²) in [5.74, 6) is -0.485. The second kappa shape index (κ2) is 10.3. The first-order valence-corrected chi connectivity index (χ1v) is 2.85. The Balaban J connectivity index is -0.000000405. The number of urea groups is 1. The number of nitrogens with one attached hydrogen (secondary N) is 1. The smallest absolute Gasteiger partial charge is 0.325 e. The van der Waals surface area contributed by atoms with Crippen molar-refractivity contribution in [3.05, 3.63) is 0 Å². The summed E-state index contributed by atoms with van der Waals surface area (Å²) in [6.07, 6.45) is 0. The van der Waals surface area contributed by atoms with Gasteiger partial charge >= 0.3 is 12.0 Å². The first-order valence-electron chi connectivity index (χ1n) is 2.85. The molecule has 0 rings (SSSR count). The topological polar surface area (TPSA) is 81.4 Å². The third kappa shape index (κ3) is 12.0.